The molecule has 3 aromatic rings. The van der Waals surface area contributed by atoms with Crippen molar-refractivity contribution in [2.45, 2.75) is 36.1 Å². The largest absolute Gasteiger partial charge is 0.489 e. The maximum absolute atomic E-state index is 12.7. The number of ether oxygens (including phenoxy) is 1. The molecule has 1 aromatic heterocycles. The number of aromatic nitrogens is 1. The highest BCUT2D eigenvalue weighted by molar-refractivity contribution is 8.01. The summed E-state index contributed by atoms with van der Waals surface area (Å²) >= 11 is 1.65. The number of thioether (sulfide) groups is 1. The van der Waals surface area contributed by atoms with Crippen LogP contribution in [0.4, 0.5) is 0 Å². The number of carbonyl (C=O) groups excluding carboxylic acids is 1. The van der Waals surface area contributed by atoms with Crippen molar-refractivity contribution in [3.05, 3.63) is 89.7 Å². The number of rotatable bonds is 6. The van der Waals surface area contributed by atoms with Crippen molar-refractivity contribution in [1.82, 2.24) is 10.3 Å². The van der Waals surface area contributed by atoms with Crippen LogP contribution in [0.1, 0.15) is 29.7 Å². The Balaban J connectivity index is 1.31. The fourth-order valence-corrected chi connectivity index (χ4v) is 4.43. The highest BCUT2D eigenvalue weighted by atomic mass is 32.2. The minimum absolute atomic E-state index is 0.0517. The molecular formula is C23H22N2O2S. The molecule has 0 fully saturated rings. The molecule has 4 nitrogen and oxygen atoms in total. The Morgan fingerprint density at radius 1 is 1.18 bits per heavy atom. The number of fused-ring (bicyclic) bond motifs is 1. The van der Waals surface area contributed by atoms with E-state index in [-0.39, 0.29) is 17.2 Å². The lowest BCUT2D eigenvalue weighted by atomic mass is 10.1. The van der Waals surface area contributed by atoms with Gasteiger partial charge in [-0.05, 0) is 48.7 Å². The van der Waals surface area contributed by atoms with Crippen LogP contribution in [0, 0.1) is 0 Å². The van der Waals surface area contributed by atoms with Gasteiger partial charge in [-0.2, -0.15) is 0 Å². The van der Waals surface area contributed by atoms with Gasteiger partial charge in [-0.15, -0.1) is 11.8 Å². The van der Waals surface area contributed by atoms with Crippen molar-refractivity contribution >= 4 is 17.7 Å². The van der Waals surface area contributed by atoms with E-state index in [1.54, 1.807) is 24.2 Å². The molecule has 2 atom stereocenters. The number of benzene rings is 2. The van der Waals surface area contributed by atoms with Crippen LogP contribution in [0.2, 0.25) is 0 Å². The minimum atomic E-state index is -0.0538. The van der Waals surface area contributed by atoms with E-state index in [0.29, 0.717) is 6.61 Å². The lowest BCUT2D eigenvalue weighted by molar-refractivity contribution is -0.121. The van der Waals surface area contributed by atoms with E-state index >= 15 is 0 Å². The van der Waals surface area contributed by atoms with Crippen LogP contribution in [0.15, 0.2) is 78.0 Å². The van der Waals surface area contributed by atoms with Gasteiger partial charge in [0.1, 0.15) is 12.4 Å². The third kappa shape index (κ3) is 4.37. The second-order valence-corrected chi connectivity index (χ2v) is 8.11. The van der Waals surface area contributed by atoms with Gasteiger partial charge in [0.15, 0.2) is 0 Å². The summed E-state index contributed by atoms with van der Waals surface area (Å²) in [5.41, 5.74) is 3.35. The zero-order valence-electron chi connectivity index (χ0n) is 15.7. The average molecular weight is 391 g/mol. The lowest BCUT2D eigenvalue weighted by Gasteiger charge is -2.17. The molecule has 1 aliphatic heterocycles. The van der Waals surface area contributed by atoms with Crippen molar-refractivity contribution < 1.29 is 9.53 Å². The molecule has 1 aliphatic rings. The normalized spacial score (nSPS) is 16.2. The first-order valence-corrected chi connectivity index (χ1v) is 10.2. The van der Waals surface area contributed by atoms with Gasteiger partial charge in [0.25, 0.3) is 0 Å². The summed E-state index contributed by atoms with van der Waals surface area (Å²) in [4.78, 5) is 18.0. The van der Waals surface area contributed by atoms with Crippen molar-refractivity contribution in [2.24, 2.45) is 0 Å². The molecule has 4 rings (SSSR count). The first-order chi connectivity index (χ1) is 13.7. The summed E-state index contributed by atoms with van der Waals surface area (Å²) in [6.07, 6.45) is 4.34. The van der Waals surface area contributed by atoms with Crippen LogP contribution in [0.5, 0.6) is 5.75 Å². The second kappa shape index (κ2) is 8.48. The van der Waals surface area contributed by atoms with Gasteiger partial charge in [-0.25, -0.2) is 0 Å². The third-order valence-electron chi connectivity index (χ3n) is 4.81. The predicted octanol–water partition coefficient (Wildman–Crippen LogP) is 4.55. The maximum atomic E-state index is 12.7. The third-order valence-corrected chi connectivity index (χ3v) is 6.12. The predicted molar refractivity (Wildman–Crippen MR) is 111 cm³/mol. The van der Waals surface area contributed by atoms with Crippen molar-refractivity contribution in [3.8, 4) is 5.75 Å². The molecule has 1 N–H and O–H groups in total. The first-order valence-electron chi connectivity index (χ1n) is 9.35. The fraction of sp³-hybridized carbons (Fsp3) is 0.217. The monoisotopic (exact) mass is 390 g/mol. The standard InChI is InChI=1S/C23H22N2O2S/c1-16(25-23(26)22-13-19-6-2-3-7-21(19)28-22)18-8-10-20(11-9-18)27-15-17-5-4-12-24-14-17/h2-12,14,16,22H,13,15H2,1H3,(H,25,26). The first kappa shape index (κ1) is 18.6. The Kier molecular flexibility index (Phi) is 5.63. The molecule has 1 amide bonds. The van der Waals surface area contributed by atoms with Gasteiger partial charge in [-0.1, -0.05) is 36.4 Å². The van der Waals surface area contributed by atoms with Gasteiger partial charge in [-0.3, -0.25) is 9.78 Å². The summed E-state index contributed by atoms with van der Waals surface area (Å²) in [5, 5.41) is 3.09. The summed E-state index contributed by atoms with van der Waals surface area (Å²) in [6, 6.07) is 19.9. The van der Waals surface area contributed by atoms with E-state index in [0.717, 1.165) is 23.3 Å². The summed E-state index contributed by atoms with van der Waals surface area (Å²) in [5.74, 6) is 0.888. The molecule has 2 unspecified atom stereocenters. The molecule has 5 heteroatoms. The molecule has 0 spiro atoms. The highest BCUT2D eigenvalue weighted by Gasteiger charge is 2.28. The van der Waals surface area contributed by atoms with E-state index in [4.69, 9.17) is 4.74 Å². The van der Waals surface area contributed by atoms with E-state index in [2.05, 4.69) is 22.4 Å². The summed E-state index contributed by atoms with van der Waals surface area (Å²) in [7, 11) is 0. The van der Waals surface area contributed by atoms with Crippen LogP contribution in [0.3, 0.4) is 0 Å². The van der Waals surface area contributed by atoms with E-state index < -0.39 is 0 Å². The van der Waals surface area contributed by atoms with Crippen molar-refractivity contribution in [3.63, 3.8) is 0 Å². The molecule has 142 valence electrons. The van der Waals surface area contributed by atoms with E-state index in [1.165, 1.54) is 10.5 Å². The van der Waals surface area contributed by atoms with Gasteiger partial charge in [0, 0.05) is 22.9 Å². The highest BCUT2D eigenvalue weighted by Crippen LogP contribution is 2.37. The summed E-state index contributed by atoms with van der Waals surface area (Å²) in [6.45, 7) is 2.50. The average Bonchev–Trinajstić information content (AvgIpc) is 3.18. The zero-order chi connectivity index (χ0) is 19.3. The Morgan fingerprint density at radius 2 is 2.00 bits per heavy atom. The number of nitrogens with one attached hydrogen (secondary N) is 1. The molecule has 0 aliphatic carbocycles. The molecule has 28 heavy (non-hydrogen) atoms. The number of pyridine rings is 1. The molecule has 2 heterocycles. The van der Waals surface area contributed by atoms with Crippen molar-refractivity contribution in [1.29, 1.82) is 0 Å². The van der Waals surface area contributed by atoms with E-state index in [9.17, 15) is 4.79 Å². The zero-order valence-corrected chi connectivity index (χ0v) is 16.5. The number of amides is 1. The summed E-state index contributed by atoms with van der Waals surface area (Å²) < 4.78 is 5.79. The van der Waals surface area contributed by atoms with Gasteiger partial charge in [0.05, 0.1) is 11.3 Å². The number of hydrogen-bond donors (Lipinski definition) is 1. The smallest absolute Gasteiger partial charge is 0.234 e. The molecule has 0 saturated carbocycles. The van der Waals surface area contributed by atoms with Crippen LogP contribution >= 0.6 is 11.8 Å². The van der Waals surface area contributed by atoms with Crippen LogP contribution in [-0.4, -0.2) is 16.1 Å². The SMILES string of the molecule is CC(NC(=O)C1Cc2ccccc2S1)c1ccc(OCc2cccnc2)cc1. The number of carbonyl (C=O) groups is 1. The number of nitrogens with zero attached hydrogens (tertiary/aromatic N) is 1. The van der Waals surface area contributed by atoms with Gasteiger partial charge in [0.2, 0.25) is 5.91 Å². The lowest BCUT2D eigenvalue weighted by Crippen LogP contribution is -2.34. The van der Waals surface area contributed by atoms with Crippen molar-refractivity contribution in [2.75, 3.05) is 0 Å². The van der Waals surface area contributed by atoms with Gasteiger partial charge >= 0.3 is 0 Å². The van der Waals surface area contributed by atoms with E-state index in [1.807, 2.05) is 55.5 Å². The fourth-order valence-electron chi connectivity index (χ4n) is 3.22. The van der Waals surface area contributed by atoms with Crippen LogP contribution in [0.25, 0.3) is 0 Å². The van der Waals surface area contributed by atoms with Crippen LogP contribution < -0.4 is 10.1 Å². The maximum Gasteiger partial charge on any atom is 0.234 e. The Bertz CT molecular complexity index is 919. The Hall–Kier alpha value is -2.79. The Labute approximate surface area is 169 Å². The topological polar surface area (TPSA) is 51.2 Å². The Morgan fingerprint density at radius 3 is 2.75 bits per heavy atom. The molecule has 0 saturated heterocycles. The minimum Gasteiger partial charge on any atom is -0.489 e. The second-order valence-electron chi connectivity index (χ2n) is 6.87. The molecule has 0 radical (unpaired) electrons. The molecular weight excluding hydrogens is 368 g/mol. The van der Waals surface area contributed by atoms with Crippen LogP contribution in [-0.2, 0) is 17.8 Å². The van der Waals surface area contributed by atoms with Gasteiger partial charge < -0.3 is 10.1 Å². The molecule has 2 aromatic carbocycles. The quantitative estimate of drug-likeness (QED) is 0.671. The molecule has 0 bridgehead atoms. The number of hydrogen-bond acceptors (Lipinski definition) is 4.